The van der Waals surface area contributed by atoms with E-state index in [0.29, 0.717) is 33.5 Å². The number of amides is 1. The summed E-state index contributed by atoms with van der Waals surface area (Å²) in [5.74, 6) is 0.437. The minimum Gasteiger partial charge on any atom is -0.467 e. The smallest absolute Gasteiger partial charge is 0.257 e. The van der Waals surface area contributed by atoms with Crippen LogP contribution in [0, 0.1) is 0 Å². The van der Waals surface area contributed by atoms with Gasteiger partial charge in [0.05, 0.1) is 39.8 Å². The highest BCUT2D eigenvalue weighted by atomic mass is 35.5. The van der Waals surface area contributed by atoms with E-state index in [4.69, 9.17) is 27.6 Å². The van der Waals surface area contributed by atoms with Crippen LogP contribution in [0.15, 0.2) is 59.5 Å². The van der Waals surface area contributed by atoms with Crippen molar-refractivity contribution in [3.8, 4) is 0 Å². The maximum Gasteiger partial charge on any atom is 0.257 e. The zero-order chi connectivity index (χ0) is 16.9. The van der Waals surface area contributed by atoms with Crippen molar-refractivity contribution in [1.29, 1.82) is 0 Å². The first-order chi connectivity index (χ1) is 11.6. The number of nitrogens with zero attached hydrogens (tertiary/aromatic N) is 1. The van der Waals surface area contributed by atoms with Crippen molar-refractivity contribution in [2.24, 2.45) is 0 Å². The van der Waals surface area contributed by atoms with Gasteiger partial charge in [-0.05, 0) is 30.3 Å². The molecule has 0 fully saturated rings. The number of hydrogen-bond acceptors (Lipinski definition) is 4. The molecule has 0 bridgehead atoms. The molecule has 0 saturated carbocycles. The molecule has 7 heteroatoms. The van der Waals surface area contributed by atoms with Gasteiger partial charge in [-0.1, -0.05) is 29.3 Å². The van der Waals surface area contributed by atoms with E-state index in [1.807, 2.05) is 12.1 Å². The molecule has 0 atom stereocenters. The van der Waals surface area contributed by atoms with Crippen LogP contribution in [0.2, 0.25) is 10.0 Å². The van der Waals surface area contributed by atoms with E-state index in [9.17, 15) is 4.79 Å². The summed E-state index contributed by atoms with van der Waals surface area (Å²) in [6, 6.07) is 10.4. The summed E-state index contributed by atoms with van der Waals surface area (Å²) in [6.07, 6.45) is 4.70. The van der Waals surface area contributed by atoms with Gasteiger partial charge in [-0.25, -0.2) is 0 Å². The monoisotopic (exact) mass is 361 g/mol. The molecule has 0 spiro atoms. The molecule has 1 amide bonds. The number of aromatic nitrogens is 1. The molecule has 0 radical (unpaired) electrons. The van der Waals surface area contributed by atoms with Crippen LogP contribution in [-0.2, 0) is 6.54 Å². The molecule has 0 aliphatic carbocycles. The van der Waals surface area contributed by atoms with Crippen LogP contribution in [0.3, 0.4) is 0 Å². The molecule has 3 rings (SSSR count). The maximum absolute atomic E-state index is 12.4. The number of carbonyl (C=O) groups excluding carboxylic acids is 1. The van der Waals surface area contributed by atoms with Gasteiger partial charge in [0.1, 0.15) is 5.76 Å². The average molecular weight is 362 g/mol. The molecular weight excluding hydrogens is 349 g/mol. The Bertz CT molecular complexity index is 831. The fourth-order valence-corrected chi connectivity index (χ4v) is 2.56. The van der Waals surface area contributed by atoms with Crippen LogP contribution in [0.25, 0.3) is 0 Å². The largest absolute Gasteiger partial charge is 0.467 e. The predicted molar refractivity (Wildman–Crippen MR) is 94.7 cm³/mol. The summed E-state index contributed by atoms with van der Waals surface area (Å²) in [5, 5.41) is 6.59. The Morgan fingerprint density at radius 3 is 2.62 bits per heavy atom. The second kappa shape index (κ2) is 7.38. The number of hydrogen-bond donors (Lipinski definition) is 2. The highest BCUT2D eigenvalue weighted by Crippen LogP contribution is 2.30. The number of carbonyl (C=O) groups is 1. The molecule has 3 aromatic rings. The van der Waals surface area contributed by atoms with E-state index >= 15 is 0 Å². The van der Waals surface area contributed by atoms with Crippen LogP contribution in [0.4, 0.5) is 11.4 Å². The van der Waals surface area contributed by atoms with Gasteiger partial charge >= 0.3 is 0 Å². The summed E-state index contributed by atoms with van der Waals surface area (Å²) >= 11 is 12.1. The molecule has 2 aromatic heterocycles. The Morgan fingerprint density at radius 1 is 1.12 bits per heavy atom. The third-order valence-corrected chi connectivity index (χ3v) is 3.88. The number of furan rings is 1. The van der Waals surface area contributed by atoms with Crippen molar-refractivity contribution in [3.63, 3.8) is 0 Å². The lowest BCUT2D eigenvalue weighted by molar-refractivity contribution is 0.102. The lowest BCUT2D eigenvalue weighted by Gasteiger charge is -2.10. The van der Waals surface area contributed by atoms with Crippen LogP contribution in [-0.4, -0.2) is 10.9 Å². The first-order valence-corrected chi connectivity index (χ1v) is 7.86. The van der Waals surface area contributed by atoms with Gasteiger partial charge in [-0.15, -0.1) is 0 Å². The van der Waals surface area contributed by atoms with Gasteiger partial charge < -0.3 is 15.1 Å². The number of para-hydroxylation sites is 1. The number of rotatable bonds is 5. The Balaban J connectivity index is 1.72. The van der Waals surface area contributed by atoms with Crippen LogP contribution in [0.5, 0.6) is 0 Å². The third kappa shape index (κ3) is 3.88. The Hall–Kier alpha value is -2.50. The molecule has 0 unspecified atom stereocenters. The average Bonchev–Trinajstić information content (AvgIpc) is 3.10. The van der Waals surface area contributed by atoms with Crippen molar-refractivity contribution >= 4 is 40.5 Å². The highest BCUT2D eigenvalue weighted by molar-refractivity contribution is 6.40. The van der Waals surface area contributed by atoms with Gasteiger partial charge in [0.25, 0.3) is 5.91 Å². The summed E-state index contributed by atoms with van der Waals surface area (Å²) < 4.78 is 5.25. The molecule has 24 heavy (non-hydrogen) atoms. The van der Waals surface area contributed by atoms with Crippen LogP contribution >= 0.6 is 23.2 Å². The third-order valence-electron chi connectivity index (χ3n) is 3.25. The van der Waals surface area contributed by atoms with Gasteiger partial charge in [-0.3, -0.25) is 9.78 Å². The quantitative estimate of drug-likeness (QED) is 0.681. The highest BCUT2D eigenvalue weighted by Gasteiger charge is 2.12. The second-order valence-corrected chi connectivity index (χ2v) is 5.76. The van der Waals surface area contributed by atoms with Crippen molar-refractivity contribution in [2.75, 3.05) is 10.6 Å². The number of halogens is 2. The topological polar surface area (TPSA) is 67.2 Å². The minimum atomic E-state index is -0.348. The van der Waals surface area contributed by atoms with Crippen molar-refractivity contribution in [1.82, 2.24) is 4.98 Å². The van der Waals surface area contributed by atoms with Gasteiger partial charge in [-0.2, -0.15) is 0 Å². The van der Waals surface area contributed by atoms with Crippen molar-refractivity contribution in [2.45, 2.75) is 6.54 Å². The molecular formula is C17H13Cl2N3O2. The van der Waals surface area contributed by atoms with Gasteiger partial charge in [0, 0.05) is 12.4 Å². The molecule has 2 N–H and O–H groups in total. The number of nitrogens with one attached hydrogen (secondary N) is 2. The molecule has 0 saturated heterocycles. The lowest BCUT2D eigenvalue weighted by Crippen LogP contribution is -2.13. The normalized spacial score (nSPS) is 10.4. The van der Waals surface area contributed by atoms with Gasteiger partial charge in [0.2, 0.25) is 0 Å². The molecule has 5 nitrogen and oxygen atoms in total. The fraction of sp³-hybridized carbons (Fsp3) is 0.0588. The minimum absolute atomic E-state index is 0.348. The van der Waals surface area contributed by atoms with Gasteiger partial charge in [0.15, 0.2) is 0 Å². The SMILES string of the molecule is O=C(Nc1c(Cl)cccc1Cl)c1cncc(NCc2ccco2)c1. The zero-order valence-electron chi connectivity index (χ0n) is 12.4. The summed E-state index contributed by atoms with van der Waals surface area (Å²) in [4.78, 5) is 16.5. The standard InChI is InChI=1S/C17H13Cl2N3O2/c18-14-4-1-5-15(19)16(14)22-17(23)11-7-12(9-20-8-11)21-10-13-3-2-6-24-13/h1-9,21H,10H2,(H,22,23). The summed E-state index contributed by atoms with van der Waals surface area (Å²) in [7, 11) is 0. The fourth-order valence-electron chi connectivity index (χ4n) is 2.07. The van der Waals surface area contributed by atoms with Crippen molar-refractivity contribution in [3.05, 3.63) is 76.4 Å². The molecule has 122 valence electrons. The lowest BCUT2D eigenvalue weighted by atomic mass is 10.2. The van der Waals surface area contributed by atoms with E-state index < -0.39 is 0 Å². The first-order valence-electron chi connectivity index (χ1n) is 7.10. The predicted octanol–water partition coefficient (Wildman–Crippen LogP) is 4.85. The summed E-state index contributed by atoms with van der Waals surface area (Å²) in [6.45, 7) is 0.496. The molecule has 1 aromatic carbocycles. The zero-order valence-corrected chi connectivity index (χ0v) is 13.9. The Kier molecular flexibility index (Phi) is 5.03. The molecule has 0 aliphatic rings. The van der Waals surface area contributed by atoms with Crippen molar-refractivity contribution < 1.29 is 9.21 Å². The second-order valence-electron chi connectivity index (χ2n) is 4.95. The maximum atomic E-state index is 12.4. The van der Waals surface area contributed by atoms with E-state index in [1.165, 1.54) is 6.20 Å². The van der Waals surface area contributed by atoms with Crippen LogP contribution < -0.4 is 10.6 Å². The van der Waals surface area contributed by atoms with Crippen LogP contribution in [0.1, 0.15) is 16.1 Å². The van der Waals surface area contributed by atoms with E-state index in [2.05, 4.69) is 15.6 Å². The number of pyridine rings is 1. The number of anilines is 2. The Labute approximate surface area is 148 Å². The molecule has 2 heterocycles. The summed E-state index contributed by atoms with van der Waals surface area (Å²) in [5.41, 5.74) is 1.46. The van der Waals surface area contributed by atoms with E-state index in [1.54, 1.807) is 36.7 Å². The van der Waals surface area contributed by atoms with E-state index in [0.717, 1.165) is 5.76 Å². The first kappa shape index (κ1) is 16.4. The molecule has 0 aliphatic heterocycles. The number of benzene rings is 1. The van der Waals surface area contributed by atoms with E-state index in [-0.39, 0.29) is 5.91 Å². The Morgan fingerprint density at radius 2 is 1.92 bits per heavy atom.